The fourth-order valence-electron chi connectivity index (χ4n) is 5.82. The Morgan fingerprint density at radius 2 is 1.19 bits per heavy atom. The Bertz CT molecular complexity index is 242. The van der Waals surface area contributed by atoms with Crippen LogP contribution in [0.2, 0.25) is 0 Å². The summed E-state index contributed by atoms with van der Waals surface area (Å²) in [5.74, 6) is 3.53. The van der Waals surface area contributed by atoms with Crippen molar-refractivity contribution in [2.24, 2.45) is 17.8 Å². The fourth-order valence-corrected chi connectivity index (χ4v) is 9.75. The van der Waals surface area contributed by atoms with Crippen molar-refractivity contribution >= 4 is 7.92 Å². The second-order valence-electron chi connectivity index (χ2n) is 7.19. The quantitative estimate of drug-likeness (QED) is 0.583. The molecule has 0 spiro atoms. The van der Waals surface area contributed by atoms with Gasteiger partial charge in [-0.05, 0) is 86.6 Å². The Balaban J connectivity index is 1.60. The van der Waals surface area contributed by atoms with E-state index in [0.717, 1.165) is 5.16 Å². The molecular weight excluding hydrogens is 211 g/mol. The highest BCUT2D eigenvalue weighted by Gasteiger charge is 2.53. The third-order valence-electron chi connectivity index (χ3n) is 6.03. The molecule has 0 radical (unpaired) electrons. The maximum atomic E-state index is 1.67. The average molecular weight is 236 g/mol. The molecule has 0 nitrogen and oxygen atoms in total. The monoisotopic (exact) mass is 236 g/mol. The topological polar surface area (TPSA) is 0 Å². The van der Waals surface area contributed by atoms with E-state index in [1.54, 1.807) is 70.1 Å². The van der Waals surface area contributed by atoms with E-state index in [1.165, 1.54) is 17.8 Å². The van der Waals surface area contributed by atoms with Gasteiger partial charge in [-0.2, -0.15) is 0 Å². The molecule has 1 aliphatic heterocycles. The van der Waals surface area contributed by atoms with E-state index in [1.807, 2.05) is 0 Å². The Hall–Kier alpha value is 0.430. The molecule has 0 N–H and O–H groups in total. The molecule has 0 aromatic carbocycles. The summed E-state index contributed by atoms with van der Waals surface area (Å²) >= 11 is 0. The maximum absolute atomic E-state index is 1.67. The molecular formula is C15H25P. The van der Waals surface area contributed by atoms with Gasteiger partial charge < -0.3 is 0 Å². The van der Waals surface area contributed by atoms with Crippen molar-refractivity contribution in [3.8, 4) is 0 Å². The van der Waals surface area contributed by atoms with E-state index in [-0.39, 0.29) is 0 Å². The zero-order valence-corrected chi connectivity index (χ0v) is 11.4. The third kappa shape index (κ3) is 1.52. The van der Waals surface area contributed by atoms with Crippen LogP contribution >= 0.6 is 7.92 Å². The predicted molar refractivity (Wildman–Crippen MR) is 71.4 cm³/mol. The van der Waals surface area contributed by atoms with Crippen LogP contribution in [0.5, 0.6) is 0 Å². The summed E-state index contributed by atoms with van der Waals surface area (Å²) in [6, 6.07) is 0. The summed E-state index contributed by atoms with van der Waals surface area (Å²) in [5.41, 5.74) is 0. The smallest absolute Gasteiger partial charge is 0.00865 e. The second-order valence-corrected chi connectivity index (χ2v) is 10.1. The molecule has 90 valence electrons. The zero-order valence-electron chi connectivity index (χ0n) is 10.5. The zero-order chi connectivity index (χ0) is 10.6. The molecule has 4 saturated carbocycles. The Morgan fingerprint density at radius 3 is 1.69 bits per heavy atom. The molecule has 4 bridgehead atoms. The second kappa shape index (κ2) is 3.71. The SMILES string of the molecule is C1CCP(C23CC4CC(CC(C4)C2)C3)CC1. The summed E-state index contributed by atoms with van der Waals surface area (Å²) in [6.45, 7) is 0. The van der Waals surface area contributed by atoms with Crippen LogP contribution in [-0.4, -0.2) is 17.5 Å². The summed E-state index contributed by atoms with van der Waals surface area (Å²) in [6.07, 6.45) is 17.9. The minimum absolute atomic E-state index is 0.454. The van der Waals surface area contributed by atoms with Gasteiger partial charge in [-0.25, -0.2) is 0 Å². The van der Waals surface area contributed by atoms with Crippen molar-refractivity contribution in [3.63, 3.8) is 0 Å². The van der Waals surface area contributed by atoms with Gasteiger partial charge in [0, 0.05) is 0 Å². The van der Waals surface area contributed by atoms with Crippen LogP contribution in [-0.2, 0) is 0 Å². The number of rotatable bonds is 1. The van der Waals surface area contributed by atoms with Crippen LogP contribution in [0.1, 0.15) is 57.8 Å². The van der Waals surface area contributed by atoms with Gasteiger partial charge in [0.15, 0.2) is 0 Å². The lowest BCUT2D eigenvalue weighted by atomic mass is 9.56. The molecule has 1 heteroatoms. The van der Waals surface area contributed by atoms with Gasteiger partial charge in [0.05, 0.1) is 0 Å². The first-order chi connectivity index (χ1) is 7.84. The van der Waals surface area contributed by atoms with Gasteiger partial charge >= 0.3 is 0 Å². The maximum Gasteiger partial charge on any atom is -0.00865 e. The lowest BCUT2D eigenvalue weighted by Gasteiger charge is -2.60. The van der Waals surface area contributed by atoms with Crippen LogP contribution in [0.15, 0.2) is 0 Å². The molecule has 5 fully saturated rings. The Labute approximate surface area is 101 Å². The van der Waals surface area contributed by atoms with Crippen molar-refractivity contribution < 1.29 is 0 Å². The first-order valence-corrected chi connectivity index (χ1v) is 9.30. The molecule has 1 heterocycles. The van der Waals surface area contributed by atoms with Crippen LogP contribution in [0.25, 0.3) is 0 Å². The van der Waals surface area contributed by atoms with Gasteiger partial charge in [-0.3, -0.25) is 0 Å². The third-order valence-corrected chi connectivity index (χ3v) is 9.63. The van der Waals surface area contributed by atoms with E-state index in [2.05, 4.69) is 0 Å². The van der Waals surface area contributed by atoms with Gasteiger partial charge in [0.25, 0.3) is 0 Å². The van der Waals surface area contributed by atoms with Crippen molar-refractivity contribution in [3.05, 3.63) is 0 Å². The van der Waals surface area contributed by atoms with Gasteiger partial charge in [-0.15, -0.1) is 7.92 Å². The fraction of sp³-hybridized carbons (Fsp3) is 1.00. The highest BCUT2D eigenvalue weighted by molar-refractivity contribution is 7.59. The first kappa shape index (κ1) is 10.4. The largest absolute Gasteiger partial charge is 0.100 e. The minimum Gasteiger partial charge on any atom is -0.100 e. The van der Waals surface area contributed by atoms with Gasteiger partial charge in [-0.1, -0.05) is 6.42 Å². The van der Waals surface area contributed by atoms with Gasteiger partial charge in [0.1, 0.15) is 0 Å². The molecule has 1 saturated heterocycles. The van der Waals surface area contributed by atoms with E-state index in [0.29, 0.717) is 7.92 Å². The number of hydrogen-bond donors (Lipinski definition) is 0. The van der Waals surface area contributed by atoms with E-state index >= 15 is 0 Å². The van der Waals surface area contributed by atoms with E-state index in [9.17, 15) is 0 Å². The van der Waals surface area contributed by atoms with Gasteiger partial charge in [0.2, 0.25) is 0 Å². The molecule has 0 aromatic rings. The molecule has 16 heavy (non-hydrogen) atoms. The summed E-state index contributed by atoms with van der Waals surface area (Å²) < 4.78 is 0. The van der Waals surface area contributed by atoms with Crippen molar-refractivity contribution in [1.82, 2.24) is 0 Å². The molecule has 4 aliphatic carbocycles. The Kier molecular flexibility index (Phi) is 2.40. The molecule has 0 unspecified atom stereocenters. The lowest BCUT2D eigenvalue weighted by molar-refractivity contribution is 0.0353. The lowest BCUT2D eigenvalue weighted by Crippen LogP contribution is -2.50. The van der Waals surface area contributed by atoms with Crippen molar-refractivity contribution in [1.29, 1.82) is 0 Å². The number of hydrogen-bond acceptors (Lipinski definition) is 0. The Morgan fingerprint density at radius 1 is 0.688 bits per heavy atom. The normalized spacial score (nSPS) is 52.1. The highest BCUT2D eigenvalue weighted by Crippen LogP contribution is 2.69. The summed E-state index contributed by atoms with van der Waals surface area (Å²) in [5, 5.41) is 0.935. The van der Waals surface area contributed by atoms with E-state index < -0.39 is 0 Å². The first-order valence-electron chi connectivity index (χ1n) is 7.59. The average Bonchev–Trinajstić information content (AvgIpc) is 2.28. The van der Waals surface area contributed by atoms with Crippen molar-refractivity contribution in [2.75, 3.05) is 12.3 Å². The minimum atomic E-state index is 0.454. The summed E-state index contributed by atoms with van der Waals surface area (Å²) in [4.78, 5) is 0. The molecule has 5 aliphatic rings. The molecule has 0 amide bonds. The van der Waals surface area contributed by atoms with Crippen molar-refractivity contribution in [2.45, 2.75) is 62.9 Å². The molecule has 5 rings (SSSR count). The van der Waals surface area contributed by atoms with Crippen LogP contribution < -0.4 is 0 Å². The molecule has 0 atom stereocenters. The summed E-state index contributed by atoms with van der Waals surface area (Å²) in [7, 11) is 0.454. The van der Waals surface area contributed by atoms with Crippen LogP contribution in [0.4, 0.5) is 0 Å². The standard InChI is InChI=1S/C15H25P/c1-2-4-16(5-3-1)15-9-12-6-13(10-15)8-14(7-12)11-15/h12-14H,1-11H2. The predicted octanol–water partition coefficient (Wildman–Crippen LogP) is 4.62. The van der Waals surface area contributed by atoms with Crippen LogP contribution in [0.3, 0.4) is 0 Å². The highest BCUT2D eigenvalue weighted by atomic mass is 31.1. The van der Waals surface area contributed by atoms with Crippen LogP contribution in [0, 0.1) is 17.8 Å². The molecule has 0 aromatic heterocycles. The van der Waals surface area contributed by atoms with E-state index in [4.69, 9.17) is 0 Å².